The molecule has 0 aromatic heterocycles. The molecule has 4 amide bonds. The van der Waals surface area contributed by atoms with Crippen LogP contribution in [0.3, 0.4) is 0 Å². The van der Waals surface area contributed by atoms with Crippen LogP contribution >= 0.6 is 0 Å². The number of hydrogen-bond acceptors (Lipinski definition) is 5. The lowest BCUT2D eigenvalue weighted by molar-refractivity contribution is -0.139. The molecule has 2 N–H and O–H groups in total. The predicted octanol–water partition coefficient (Wildman–Crippen LogP) is 2.63. The molecule has 9 nitrogen and oxygen atoms in total. The van der Waals surface area contributed by atoms with Crippen LogP contribution in [0, 0.1) is 6.92 Å². The first-order valence-corrected chi connectivity index (χ1v) is 11.9. The highest BCUT2D eigenvalue weighted by atomic mass is 16.5. The molecule has 0 bridgehead atoms. The lowest BCUT2D eigenvalue weighted by Gasteiger charge is -2.42. The molecule has 34 heavy (non-hydrogen) atoms. The zero-order valence-electron chi connectivity index (χ0n) is 21.1. The smallest absolute Gasteiger partial charge is 0.338 e. The molecule has 1 saturated heterocycles. The molecule has 1 aromatic rings. The van der Waals surface area contributed by atoms with Crippen LogP contribution in [-0.4, -0.2) is 84.6 Å². The van der Waals surface area contributed by atoms with Gasteiger partial charge in [-0.05, 0) is 40.2 Å². The van der Waals surface area contributed by atoms with Gasteiger partial charge in [0.25, 0.3) is 0 Å². The number of likely N-dealkylation sites (N-methyl/N-ethyl adjacent to an activating group) is 1. The van der Waals surface area contributed by atoms with Gasteiger partial charge in [0.2, 0.25) is 0 Å². The molecule has 2 atom stereocenters. The van der Waals surface area contributed by atoms with Gasteiger partial charge in [-0.1, -0.05) is 29.8 Å². The van der Waals surface area contributed by atoms with Gasteiger partial charge in [0, 0.05) is 51.0 Å². The number of carbonyl (C=O) groups is 3. The fourth-order valence-corrected chi connectivity index (χ4v) is 4.52. The summed E-state index contributed by atoms with van der Waals surface area (Å²) in [6, 6.07) is 6.92. The number of rotatable bonds is 6. The van der Waals surface area contributed by atoms with Gasteiger partial charge in [-0.15, -0.1) is 0 Å². The maximum atomic E-state index is 13.1. The van der Waals surface area contributed by atoms with E-state index in [4.69, 9.17) is 4.74 Å². The number of aryl methyl sites for hydroxylation is 1. The van der Waals surface area contributed by atoms with Gasteiger partial charge < -0.3 is 20.3 Å². The number of piperazine rings is 1. The van der Waals surface area contributed by atoms with Crippen LogP contribution in [0.2, 0.25) is 0 Å². The molecule has 0 radical (unpaired) electrons. The minimum absolute atomic E-state index is 0.00515. The molecule has 0 aliphatic carbocycles. The van der Waals surface area contributed by atoms with Crippen molar-refractivity contribution in [2.45, 2.75) is 52.7 Å². The Hall–Kier alpha value is -3.07. The highest BCUT2D eigenvalue weighted by molar-refractivity contribution is 5.95. The van der Waals surface area contributed by atoms with Crippen molar-refractivity contribution >= 4 is 18.0 Å². The number of nitrogens with zero attached hydrogens (tertiary/aromatic N) is 3. The second-order valence-electron chi connectivity index (χ2n) is 9.32. The first-order chi connectivity index (χ1) is 16.1. The molecule has 0 spiro atoms. The predicted molar refractivity (Wildman–Crippen MR) is 130 cm³/mol. The van der Waals surface area contributed by atoms with E-state index < -0.39 is 12.0 Å². The summed E-state index contributed by atoms with van der Waals surface area (Å²) in [5.41, 5.74) is 2.95. The van der Waals surface area contributed by atoms with Gasteiger partial charge in [0.05, 0.1) is 18.2 Å². The summed E-state index contributed by atoms with van der Waals surface area (Å²) < 4.78 is 5.42. The monoisotopic (exact) mass is 471 g/mol. The number of urea groups is 2. The number of esters is 1. The SMILES string of the molecule is CCOC(=O)C1=C(CN2CCN(C(=O)NC(C)C)[C@H](C)C2)N(C)C(=O)N[C@@H]1c1cccc(C)c1. The Kier molecular flexibility index (Phi) is 8.19. The Balaban J connectivity index is 1.90. The Morgan fingerprint density at radius 2 is 2.00 bits per heavy atom. The normalized spacial score (nSPS) is 21.6. The van der Waals surface area contributed by atoms with E-state index in [9.17, 15) is 14.4 Å². The lowest BCUT2D eigenvalue weighted by atomic mass is 9.93. The molecule has 2 aliphatic heterocycles. The molecule has 3 rings (SSSR count). The molecule has 9 heteroatoms. The van der Waals surface area contributed by atoms with Crippen molar-refractivity contribution in [2.75, 3.05) is 39.8 Å². The average molecular weight is 472 g/mol. The van der Waals surface area contributed by atoms with Crippen molar-refractivity contribution in [2.24, 2.45) is 0 Å². The van der Waals surface area contributed by atoms with Gasteiger partial charge in [0.1, 0.15) is 0 Å². The first-order valence-electron chi connectivity index (χ1n) is 11.9. The lowest BCUT2D eigenvalue weighted by Crippen LogP contribution is -2.58. The third-order valence-corrected chi connectivity index (χ3v) is 6.21. The van der Waals surface area contributed by atoms with E-state index in [1.54, 1.807) is 14.0 Å². The standard InChI is InChI=1S/C25H37N5O4/c1-7-34-23(31)21-20(15-29-11-12-30(18(5)14-29)25(33)26-16(2)3)28(6)24(32)27-22(21)19-10-8-9-17(4)13-19/h8-10,13,16,18,22H,7,11-12,14-15H2,1-6H3,(H,26,33)(H,27,32)/t18-,22-/m1/s1. The Morgan fingerprint density at radius 3 is 2.62 bits per heavy atom. The van der Waals surface area contributed by atoms with Gasteiger partial charge in [-0.3, -0.25) is 9.80 Å². The van der Waals surface area contributed by atoms with Crippen LogP contribution in [0.1, 0.15) is 44.9 Å². The Labute approximate surface area is 202 Å². The fraction of sp³-hybridized carbons (Fsp3) is 0.560. The van der Waals surface area contributed by atoms with Crippen LogP contribution < -0.4 is 10.6 Å². The summed E-state index contributed by atoms with van der Waals surface area (Å²) in [7, 11) is 1.67. The van der Waals surface area contributed by atoms with E-state index in [0.717, 1.165) is 11.1 Å². The second-order valence-corrected chi connectivity index (χ2v) is 9.32. The molecule has 0 unspecified atom stereocenters. The molecular weight excluding hydrogens is 434 g/mol. The van der Waals surface area contributed by atoms with Crippen molar-refractivity contribution in [3.05, 3.63) is 46.7 Å². The van der Waals surface area contributed by atoms with Crippen molar-refractivity contribution in [3.63, 3.8) is 0 Å². The molecule has 186 valence electrons. The van der Waals surface area contributed by atoms with E-state index in [1.165, 1.54) is 4.90 Å². The molecule has 2 heterocycles. The number of carbonyl (C=O) groups excluding carboxylic acids is 3. The Morgan fingerprint density at radius 1 is 1.26 bits per heavy atom. The van der Waals surface area contributed by atoms with Crippen molar-refractivity contribution in [1.29, 1.82) is 0 Å². The summed E-state index contributed by atoms with van der Waals surface area (Å²) in [4.78, 5) is 44.1. The summed E-state index contributed by atoms with van der Waals surface area (Å²) in [5.74, 6) is -0.432. The van der Waals surface area contributed by atoms with Gasteiger partial charge in [0.15, 0.2) is 0 Å². The zero-order chi connectivity index (χ0) is 25.0. The van der Waals surface area contributed by atoms with Gasteiger partial charge >= 0.3 is 18.0 Å². The minimum atomic E-state index is -0.590. The maximum Gasteiger partial charge on any atom is 0.338 e. The van der Waals surface area contributed by atoms with Gasteiger partial charge in [-0.25, -0.2) is 14.4 Å². The number of ether oxygens (including phenoxy) is 1. The van der Waals surface area contributed by atoms with Crippen LogP contribution in [0.4, 0.5) is 9.59 Å². The van der Waals surface area contributed by atoms with E-state index in [0.29, 0.717) is 37.4 Å². The number of benzene rings is 1. The van der Waals surface area contributed by atoms with E-state index in [2.05, 4.69) is 15.5 Å². The highest BCUT2D eigenvalue weighted by Crippen LogP contribution is 2.32. The van der Waals surface area contributed by atoms with Crippen LogP contribution in [-0.2, 0) is 9.53 Å². The topological polar surface area (TPSA) is 94.2 Å². The number of amides is 4. The van der Waals surface area contributed by atoms with Crippen molar-refractivity contribution in [3.8, 4) is 0 Å². The van der Waals surface area contributed by atoms with Crippen LogP contribution in [0.15, 0.2) is 35.5 Å². The zero-order valence-corrected chi connectivity index (χ0v) is 21.1. The molecular formula is C25H37N5O4. The summed E-state index contributed by atoms with van der Waals surface area (Å²) in [6.45, 7) is 12.1. The Bertz CT molecular complexity index is 960. The molecule has 0 saturated carbocycles. The average Bonchev–Trinajstić information content (AvgIpc) is 2.76. The summed E-state index contributed by atoms with van der Waals surface area (Å²) >= 11 is 0. The van der Waals surface area contributed by atoms with Crippen molar-refractivity contribution < 1.29 is 19.1 Å². The summed E-state index contributed by atoms with van der Waals surface area (Å²) in [5, 5.41) is 5.92. The van der Waals surface area contributed by atoms with Crippen LogP contribution in [0.25, 0.3) is 0 Å². The number of hydrogen-bond donors (Lipinski definition) is 2. The summed E-state index contributed by atoms with van der Waals surface area (Å²) in [6.07, 6.45) is 0. The van der Waals surface area contributed by atoms with E-state index in [1.807, 2.05) is 56.9 Å². The molecule has 1 fully saturated rings. The second kappa shape index (κ2) is 10.9. The van der Waals surface area contributed by atoms with Gasteiger partial charge in [-0.2, -0.15) is 0 Å². The minimum Gasteiger partial charge on any atom is -0.463 e. The van der Waals surface area contributed by atoms with E-state index in [-0.39, 0.29) is 30.8 Å². The highest BCUT2D eigenvalue weighted by Gasteiger charge is 2.38. The molecule has 1 aromatic carbocycles. The first kappa shape index (κ1) is 25.6. The fourth-order valence-electron chi connectivity index (χ4n) is 4.52. The quantitative estimate of drug-likeness (QED) is 0.622. The van der Waals surface area contributed by atoms with Crippen molar-refractivity contribution in [1.82, 2.24) is 25.3 Å². The third-order valence-electron chi connectivity index (χ3n) is 6.21. The van der Waals surface area contributed by atoms with Crippen LogP contribution in [0.5, 0.6) is 0 Å². The molecule has 2 aliphatic rings. The van der Waals surface area contributed by atoms with E-state index >= 15 is 0 Å². The number of nitrogens with one attached hydrogen (secondary N) is 2. The third kappa shape index (κ3) is 5.70. The maximum absolute atomic E-state index is 13.1. The largest absolute Gasteiger partial charge is 0.463 e.